The average molecular weight is 407 g/mol. The van der Waals surface area contributed by atoms with Crippen LogP contribution in [0.3, 0.4) is 0 Å². The molecule has 0 fully saturated rings. The molecule has 0 saturated carbocycles. The Bertz CT molecular complexity index is 215. The minimum Gasteiger partial charge on any atom is -0.582 e. The van der Waals surface area contributed by atoms with Gasteiger partial charge in [-0.15, -0.1) is 6.07 Å². The predicted octanol–water partition coefficient (Wildman–Crippen LogP) is 2.08. The van der Waals surface area contributed by atoms with Gasteiger partial charge in [-0.1, -0.05) is 18.7 Å². The molecular weight excluding hydrogens is 397 g/mol. The number of ether oxygens (including phenoxy) is 1. The van der Waals surface area contributed by atoms with Gasteiger partial charge in [-0.3, -0.25) is 0 Å². The number of rotatable bonds is 2. The summed E-state index contributed by atoms with van der Waals surface area (Å²) in [7, 11) is 0. The molecule has 12 heavy (non-hydrogen) atoms. The summed E-state index contributed by atoms with van der Waals surface area (Å²) in [5.41, 5.74) is 0.908. The van der Waals surface area contributed by atoms with Crippen LogP contribution in [0.1, 0.15) is 5.56 Å². The molecule has 1 aromatic rings. The molecule has 1 nitrogen and oxygen atoms in total. The van der Waals surface area contributed by atoms with Crippen molar-refractivity contribution in [3.05, 3.63) is 43.7 Å². The van der Waals surface area contributed by atoms with Crippen molar-refractivity contribution < 1.29 is 58.5 Å². The van der Waals surface area contributed by atoms with Crippen LogP contribution in [0, 0.1) is 13.8 Å². The first kappa shape index (κ1) is 15.2. The Labute approximate surface area is 113 Å². The number of hydrogen-bond acceptors (Lipinski definition) is 1. The molecule has 0 aliphatic carbocycles. The number of hydrogen-bond donors (Lipinski definition) is 0. The van der Waals surface area contributed by atoms with Gasteiger partial charge >= 0.3 is 0 Å². The summed E-state index contributed by atoms with van der Waals surface area (Å²) < 4.78 is 5.16. The molecule has 0 heterocycles. The zero-order valence-corrected chi connectivity index (χ0v) is 12.6. The second kappa shape index (κ2) is 8.29. The molecule has 0 unspecified atom stereocenters. The van der Waals surface area contributed by atoms with Crippen LogP contribution in [-0.4, -0.2) is 6.61 Å². The van der Waals surface area contributed by atoms with Crippen LogP contribution in [0.15, 0.2) is 24.3 Å². The Morgan fingerprint density at radius 2 is 1.83 bits per heavy atom. The van der Waals surface area contributed by atoms with E-state index in [4.69, 9.17) is 4.74 Å². The summed E-state index contributed by atoms with van der Waals surface area (Å²) in [6.07, 6.45) is 0. The third-order valence-corrected chi connectivity index (χ3v) is 1.23. The van der Waals surface area contributed by atoms with Gasteiger partial charge in [0.1, 0.15) is 0 Å². The van der Waals surface area contributed by atoms with Crippen LogP contribution < -0.4 is 4.74 Å². The maximum absolute atomic E-state index is 5.16. The second-order valence-electron chi connectivity index (χ2n) is 1.96. The molecule has 1 aromatic carbocycles. The molecule has 1 rings (SSSR count). The monoisotopic (exact) mass is 407 g/mol. The van der Waals surface area contributed by atoms with Crippen LogP contribution >= 0.6 is 0 Å². The molecule has 63 valence electrons. The third kappa shape index (κ3) is 4.65. The number of para-hydroxylation sites is 1. The number of benzene rings is 1. The summed E-state index contributed by atoms with van der Waals surface area (Å²) in [5, 5.41) is 0. The van der Waals surface area contributed by atoms with Crippen molar-refractivity contribution in [2.45, 2.75) is 0 Å². The smallest absolute Gasteiger partial charge is 0.00997 e. The minimum atomic E-state index is 0. The molecule has 0 aliphatic heterocycles. The Hall–Kier alpha value is 0.682. The van der Waals surface area contributed by atoms with Gasteiger partial charge in [0.25, 0.3) is 0 Å². The van der Waals surface area contributed by atoms with Crippen LogP contribution in [0.5, 0.6) is 5.75 Å². The molecule has 0 amide bonds. The van der Waals surface area contributed by atoms with E-state index in [1.165, 1.54) is 0 Å². The summed E-state index contributed by atoms with van der Waals surface area (Å²) in [6.45, 7) is 7.81. The average Bonchev–Trinajstić information content (AvgIpc) is 1.94. The van der Waals surface area contributed by atoms with Crippen LogP contribution in [0.2, 0.25) is 0 Å². The van der Waals surface area contributed by atoms with Crippen molar-refractivity contribution in [1.82, 2.24) is 0 Å². The maximum Gasteiger partial charge on any atom is 0.00997 e. The fourth-order valence-corrected chi connectivity index (χ4v) is 0.755. The molecule has 0 spiro atoms. The Balaban J connectivity index is 0. The topological polar surface area (TPSA) is 9.23 Å². The molecule has 0 saturated heterocycles. The molecule has 0 bridgehead atoms. The van der Waals surface area contributed by atoms with Crippen molar-refractivity contribution in [2.24, 2.45) is 0 Å². The first-order chi connectivity index (χ1) is 4.84. The van der Waals surface area contributed by atoms with E-state index in [2.05, 4.69) is 13.8 Å². The van der Waals surface area contributed by atoms with Crippen molar-refractivity contribution in [3.63, 3.8) is 0 Å². The van der Waals surface area contributed by atoms with E-state index in [1.807, 2.05) is 24.3 Å². The van der Waals surface area contributed by atoms with Gasteiger partial charge in [0, 0.05) is 59.5 Å². The molecule has 0 N–H and O–H groups in total. The second-order valence-corrected chi connectivity index (χ2v) is 1.96. The molecular formula is C9H10OWY-2. The quantitative estimate of drug-likeness (QED) is 0.683. The van der Waals surface area contributed by atoms with Crippen molar-refractivity contribution in [1.29, 1.82) is 0 Å². The largest absolute Gasteiger partial charge is 0.582 e. The third-order valence-electron chi connectivity index (χ3n) is 1.23. The van der Waals surface area contributed by atoms with E-state index in [1.54, 1.807) is 0 Å². The van der Waals surface area contributed by atoms with Gasteiger partial charge in [0.2, 0.25) is 0 Å². The summed E-state index contributed by atoms with van der Waals surface area (Å²) in [4.78, 5) is 0. The van der Waals surface area contributed by atoms with Gasteiger partial charge in [-0.2, -0.15) is 18.6 Å². The van der Waals surface area contributed by atoms with Gasteiger partial charge in [-0.05, 0) is 0 Å². The maximum atomic E-state index is 5.16. The van der Waals surface area contributed by atoms with Gasteiger partial charge in [0.15, 0.2) is 0 Å². The van der Waals surface area contributed by atoms with E-state index in [-0.39, 0.29) is 53.8 Å². The van der Waals surface area contributed by atoms with Crippen LogP contribution in [0.4, 0.5) is 0 Å². The van der Waals surface area contributed by atoms with Crippen molar-refractivity contribution in [3.8, 4) is 5.75 Å². The Kier molecular flexibility index (Phi) is 10.5. The zero-order valence-electron chi connectivity index (χ0n) is 6.82. The molecule has 3 heteroatoms. The molecule has 1 radical (unpaired) electrons. The van der Waals surface area contributed by atoms with Crippen molar-refractivity contribution in [2.75, 3.05) is 6.61 Å². The predicted molar refractivity (Wildman–Crippen MR) is 41.8 cm³/mol. The Morgan fingerprint density at radius 1 is 1.25 bits per heavy atom. The SMILES string of the molecule is [CH2-]COc1ccccc1[CH2-].[W].[Y]. The zero-order chi connectivity index (χ0) is 7.40. The standard InChI is InChI=1S/C9H10O.W.Y/c1-3-10-9-7-5-4-6-8(9)2;;/h4-7H,1-3H2;;/q-2;;. The van der Waals surface area contributed by atoms with Crippen LogP contribution in [0.25, 0.3) is 0 Å². The van der Waals surface area contributed by atoms with E-state index >= 15 is 0 Å². The summed E-state index contributed by atoms with van der Waals surface area (Å²) >= 11 is 0. The van der Waals surface area contributed by atoms with E-state index in [0.717, 1.165) is 11.3 Å². The van der Waals surface area contributed by atoms with E-state index in [9.17, 15) is 0 Å². The molecule has 0 aromatic heterocycles. The summed E-state index contributed by atoms with van der Waals surface area (Å²) in [6, 6.07) is 7.64. The van der Waals surface area contributed by atoms with Gasteiger partial charge in [-0.25, -0.2) is 0 Å². The van der Waals surface area contributed by atoms with Crippen molar-refractivity contribution >= 4 is 0 Å². The molecule has 0 aliphatic rings. The minimum absolute atomic E-state index is 0. The fourth-order valence-electron chi connectivity index (χ4n) is 0.755. The van der Waals surface area contributed by atoms with Gasteiger partial charge in [0.05, 0.1) is 0 Å². The summed E-state index contributed by atoms with van der Waals surface area (Å²) in [5.74, 6) is 0.817. The van der Waals surface area contributed by atoms with Gasteiger partial charge < -0.3 is 11.7 Å². The van der Waals surface area contributed by atoms with Crippen LogP contribution in [-0.2, 0) is 53.8 Å². The fraction of sp³-hybridized carbons (Fsp3) is 0.111. The Morgan fingerprint density at radius 3 is 2.33 bits per heavy atom. The van der Waals surface area contributed by atoms with E-state index in [0.29, 0.717) is 6.61 Å². The van der Waals surface area contributed by atoms with E-state index < -0.39 is 0 Å². The first-order valence-corrected chi connectivity index (χ1v) is 3.17. The molecule has 0 atom stereocenters. The first-order valence-electron chi connectivity index (χ1n) is 3.17. The normalized spacial score (nSPS) is 7.75.